The van der Waals surface area contributed by atoms with Crippen LogP contribution in [0.3, 0.4) is 0 Å². The van der Waals surface area contributed by atoms with Crippen LogP contribution in [0.4, 0.5) is 10.7 Å². The third kappa shape index (κ3) is 5.95. The number of piperidine rings is 1. The number of hydrogen-bond acceptors (Lipinski definition) is 8. The van der Waals surface area contributed by atoms with E-state index in [1.165, 1.54) is 4.57 Å². The Balaban J connectivity index is 1.54. The maximum absolute atomic E-state index is 14.0. The molecule has 4 heterocycles. The van der Waals surface area contributed by atoms with Gasteiger partial charge >= 0.3 is 11.8 Å². The van der Waals surface area contributed by atoms with E-state index in [9.17, 15) is 19.6 Å². The van der Waals surface area contributed by atoms with Crippen LogP contribution in [-0.4, -0.2) is 54.5 Å². The van der Waals surface area contributed by atoms with Gasteiger partial charge in [0.25, 0.3) is 5.56 Å². The molecule has 1 aliphatic rings. The van der Waals surface area contributed by atoms with E-state index in [2.05, 4.69) is 28.2 Å². The van der Waals surface area contributed by atoms with Gasteiger partial charge in [0, 0.05) is 31.6 Å². The number of carbonyl (C=O) groups is 1. The Morgan fingerprint density at radius 3 is 2.67 bits per heavy atom. The summed E-state index contributed by atoms with van der Waals surface area (Å²) in [6.45, 7) is 8.41. The third-order valence-electron chi connectivity index (χ3n) is 7.28. The number of imidazole rings is 1. The molecule has 0 unspecified atom stereocenters. The zero-order chi connectivity index (χ0) is 30.9. The number of aromatic nitrogens is 5. The van der Waals surface area contributed by atoms with Gasteiger partial charge in [-0.3, -0.25) is 23.5 Å². The molecule has 0 aliphatic carbocycles. The van der Waals surface area contributed by atoms with Crippen LogP contribution in [0.5, 0.6) is 0 Å². The Morgan fingerprint density at radius 1 is 1.16 bits per heavy atom. The minimum atomic E-state index is -0.613. The van der Waals surface area contributed by atoms with Crippen LogP contribution in [0.25, 0.3) is 22.1 Å². The number of carbonyl (C=O) groups excluding carboxylic acids is 1. The Kier molecular flexibility index (Phi) is 7.96. The molecule has 12 heteroatoms. The molecule has 1 amide bonds. The minimum absolute atomic E-state index is 0.0558. The van der Waals surface area contributed by atoms with Crippen LogP contribution < -0.4 is 21.5 Å². The molecule has 3 aromatic heterocycles. The highest BCUT2D eigenvalue weighted by molar-refractivity contribution is 5.84. The molecule has 1 N–H and O–H groups in total. The number of rotatable bonds is 5. The van der Waals surface area contributed by atoms with E-state index < -0.39 is 22.9 Å². The second-order valence-corrected chi connectivity index (χ2v) is 11.5. The van der Waals surface area contributed by atoms with Gasteiger partial charge in [-0.15, -0.1) is 5.92 Å². The maximum atomic E-state index is 14.0. The molecule has 1 aromatic carbocycles. The number of benzene rings is 1. The molecule has 1 fully saturated rings. The second-order valence-electron chi connectivity index (χ2n) is 11.5. The highest BCUT2D eigenvalue weighted by atomic mass is 16.6. The molecule has 0 bridgehead atoms. The summed E-state index contributed by atoms with van der Waals surface area (Å²) in [5.41, 5.74) is 0.495. The number of nitrogens with one attached hydrogen (secondary N) is 1. The molecule has 43 heavy (non-hydrogen) atoms. The van der Waals surface area contributed by atoms with Crippen molar-refractivity contribution in [3.63, 3.8) is 0 Å². The zero-order valence-electron chi connectivity index (χ0n) is 25.0. The number of anilines is 1. The Labute approximate surface area is 248 Å². The molecule has 1 saturated heterocycles. The minimum Gasteiger partial charge on any atom is -0.444 e. The number of ether oxygens (including phenoxy) is 1. The number of fused-ring (bicyclic) bond motifs is 2. The van der Waals surface area contributed by atoms with Crippen LogP contribution >= 0.6 is 0 Å². The van der Waals surface area contributed by atoms with E-state index in [0.29, 0.717) is 41.2 Å². The molecule has 4 aromatic rings. The van der Waals surface area contributed by atoms with Crippen molar-refractivity contribution in [2.75, 3.05) is 18.0 Å². The summed E-state index contributed by atoms with van der Waals surface area (Å²) in [5, 5.41) is 13.1. The van der Waals surface area contributed by atoms with E-state index in [4.69, 9.17) is 9.72 Å². The summed E-state index contributed by atoms with van der Waals surface area (Å²) in [6.07, 6.45) is 1.07. The van der Waals surface area contributed by atoms with Crippen molar-refractivity contribution in [1.29, 1.82) is 5.26 Å². The quantitative estimate of drug-likeness (QED) is 0.354. The van der Waals surface area contributed by atoms with Crippen molar-refractivity contribution in [2.45, 2.75) is 65.3 Å². The van der Waals surface area contributed by atoms with Gasteiger partial charge in [0.05, 0.1) is 35.9 Å². The second kappa shape index (κ2) is 11.6. The van der Waals surface area contributed by atoms with Crippen molar-refractivity contribution in [1.82, 2.24) is 29.0 Å². The van der Waals surface area contributed by atoms with Crippen LogP contribution in [0.15, 0.2) is 39.9 Å². The van der Waals surface area contributed by atoms with Gasteiger partial charge in [0.1, 0.15) is 5.60 Å². The smallest absolute Gasteiger partial charge is 0.407 e. The van der Waals surface area contributed by atoms with E-state index in [1.807, 2.05) is 25.7 Å². The number of alkyl carbamates (subject to hydrolysis) is 1. The molecule has 5 rings (SSSR count). The summed E-state index contributed by atoms with van der Waals surface area (Å²) in [4.78, 5) is 51.3. The molecule has 0 spiro atoms. The number of hydrogen-bond donors (Lipinski definition) is 1. The van der Waals surface area contributed by atoms with Gasteiger partial charge in [-0.05, 0) is 64.8 Å². The summed E-state index contributed by atoms with van der Waals surface area (Å²) in [5.74, 6) is 6.42. The van der Waals surface area contributed by atoms with Crippen molar-refractivity contribution in [2.24, 2.45) is 7.05 Å². The Bertz CT molecular complexity index is 1950. The average Bonchev–Trinajstić information content (AvgIpc) is 3.35. The first-order valence-electron chi connectivity index (χ1n) is 14.1. The van der Waals surface area contributed by atoms with Gasteiger partial charge in [0.2, 0.25) is 5.95 Å². The number of nitrogens with zero attached hydrogens (tertiary/aromatic N) is 7. The molecule has 0 radical (unpaired) electrons. The molecular formula is C31H34N8O4. The van der Waals surface area contributed by atoms with Gasteiger partial charge in [-0.1, -0.05) is 12.0 Å². The monoisotopic (exact) mass is 582 g/mol. The van der Waals surface area contributed by atoms with Crippen LogP contribution in [0.2, 0.25) is 0 Å². The summed E-state index contributed by atoms with van der Waals surface area (Å²) < 4.78 is 9.70. The molecule has 0 saturated carbocycles. The maximum Gasteiger partial charge on any atom is 0.407 e. The fourth-order valence-electron chi connectivity index (χ4n) is 5.34. The predicted octanol–water partition coefficient (Wildman–Crippen LogP) is 2.88. The number of amides is 1. The molecule has 1 aliphatic heterocycles. The lowest BCUT2D eigenvalue weighted by molar-refractivity contribution is 0.0499. The number of aryl methyl sites for hydroxylation is 1. The number of pyridine rings is 1. The van der Waals surface area contributed by atoms with Crippen molar-refractivity contribution in [3.05, 3.63) is 62.4 Å². The first-order chi connectivity index (χ1) is 20.5. The van der Waals surface area contributed by atoms with E-state index in [1.54, 1.807) is 48.9 Å². The molecular weight excluding hydrogens is 548 g/mol. The lowest BCUT2D eigenvalue weighted by Gasteiger charge is -2.34. The number of nitriles is 1. The largest absolute Gasteiger partial charge is 0.444 e. The van der Waals surface area contributed by atoms with E-state index in [-0.39, 0.29) is 30.3 Å². The Hall–Kier alpha value is -5.10. The first-order valence-corrected chi connectivity index (χ1v) is 14.1. The summed E-state index contributed by atoms with van der Waals surface area (Å²) >= 11 is 0. The van der Waals surface area contributed by atoms with Crippen molar-refractivity contribution < 1.29 is 9.53 Å². The van der Waals surface area contributed by atoms with E-state index >= 15 is 0 Å². The first kappa shape index (κ1) is 29.4. The van der Waals surface area contributed by atoms with Gasteiger partial charge in [-0.2, -0.15) is 10.2 Å². The lowest BCUT2D eigenvalue weighted by Crippen LogP contribution is -2.49. The third-order valence-corrected chi connectivity index (χ3v) is 7.28. The summed E-state index contributed by atoms with van der Waals surface area (Å²) in [7, 11) is 1.59. The van der Waals surface area contributed by atoms with Crippen molar-refractivity contribution in [3.8, 4) is 17.9 Å². The topological polar surface area (TPSA) is 140 Å². The van der Waals surface area contributed by atoms with Crippen LogP contribution in [0, 0.1) is 23.2 Å². The van der Waals surface area contributed by atoms with E-state index in [0.717, 1.165) is 17.4 Å². The Morgan fingerprint density at radius 2 is 1.95 bits per heavy atom. The van der Waals surface area contributed by atoms with Gasteiger partial charge in [-0.25, -0.2) is 9.59 Å². The lowest BCUT2D eigenvalue weighted by atomic mass is 10.1. The van der Waals surface area contributed by atoms with Crippen molar-refractivity contribution >= 4 is 34.1 Å². The van der Waals surface area contributed by atoms with Gasteiger partial charge < -0.3 is 15.0 Å². The average molecular weight is 583 g/mol. The molecule has 222 valence electrons. The molecule has 12 nitrogen and oxygen atoms in total. The van der Waals surface area contributed by atoms with Gasteiger partial charge in [0.15, 0.2) is 11.2 Å². The zero-order valence-corrected chi connectivity index (χ0v) is 25.0. The molecule has 1 atom stereocenters. The standard InChI is InChI=1S/C31H34N8O4/c1-6-7-16-38-25-26(35-28(38)37-15-9-11-21(18-37)34-29(41)43-31(2,3)4)36(5)30(42)39(27(25)40)19-22-13-14-23-20(17-32)10-8-12-24(23)33-22/h8,10,12-14,21H,9,11,15-16,18-19H2,1-5H3,(H,34,41)/t21-/m1/s1. The fraction of sp³-hybridized carbons (Fsp3) is 0.419. The van der Waals surface area contributed by atoms with Crippen LogP contribution in [-0.2, 0) is 24.9 Å². The normalized spacial score (nSPS) is 15.2. The van der Waals surface area contributed by atoms with Crippen LogP contribution in [0.1, 0.15) is 51.8 Å². The fourth-order valence-corrected chi connectivity index (χ4v) is 5.34. The SMILES string of the molecule is CC#CCn1c(N2CCC[C@@H](NC(=O)OC(C)(C)C)C2)nc2c1c(=O)n(Cc1ccc3c(C#N)cccc3n1)c(=O)n2C. The summed E-state index contributed by atoms with van der Waals surface area (Å²) in [6, 6.07) is 10.7. The highest BCUT2D eigenvalue weighted by Crippen LogP contribution is 2.24. The predicted molar refractivity (Wildman–Crippen MR) is 163 cm³/mol. The highest BCUT2D eigenvalue weighted by Gasteiger charge is 2.29.